The van der Waals surface area contributed by atoms with Crippen LogP contribution in [-0.4, -0.2) is 6.54 Å². The molecule has 0 heterocycles. The first-order chi connectivity index (χ1) is 10.1. The van der Waals surface area contributed by atoms with Gasteiger partial charge in [0.05, 0.1) is 0 Å². The van der Waals surface area contributed by atoms with Gasteiger partial charge in [-0.2, -0.15) is 0 Å². The number of halogens is 1. The van der Waals surface area contributed by atoms with E-state index in [1.807, 2.05) is 12.1 Å². The Morgan fingerprint density at radius 1 is 1.05 bits per heavy atom. The third-order valence-electron chi connectivity index (χ3n) is 3.32. The Morgan fingerprint density at radius 3 is 2.57 bits per heavy atom. The first-order valence-corrected chi connectivity index (χ1v) is 8.16. The van der Waals surface area contributed by atoms with E-state index in [2.05, 4.69) is 44.3 Å². The van der Waals surface area contributed by atoms with Crippen LogP contribution in [0.5, 0.6) is 0 Å². The first-order valence-electron chi connectivity index (χ1n) is 7.34. The molecule has 1 N–H and O–H groups in total. The fourth-order valence-electron chi connectivity index (χ4n) is 2.08. The highest BCUT2D eigenvalue weighted by atomic mass is 32.2. The van der Waals surface area contributed by atoms with Crippen LogP contribution in [0.15, 0.2) is 46.2 Å². The molecule has 2 aromatic carbocycles. The molecule has 0 bridgehead atoms. The zero-order valence-electron chi connectivity index (χ0n) is 12.9. The molecule has 0 fully saturated rings. The highest BCUT2D eigenvalue weighted by Gasteiger charge is 2.08. The van der Waals surface area contributed by atoms with E-state index in [4.69, 9.17) is 0 Å². The minimum atomic E-state index is -0.142. The van der Waals surface area contributed by atoms with Gasteiger partial charge in [0.1, 0.15) is 5.82 Å². The Bertz CT molecular complexity index is 610. The number of aryl methyl sites for hydroxylation is 2. The Balaban J connectivity index is 2.12. The third kappa shape index (κ3) is 4.58. The van der Waals surface area contributed by atoms with Crippen molar-refractivity contribution in [1.29, 1.82) is 0 Å². The predicted octanol–water partition coefficient (Wildman–Crippen LogP) is 5.09. The summed E-state index contributed by atoms with van der Waals surface area (Å²) in [6, 6.07) is 11.8. The minimum absolute atomic E-state index is 0.142. The van der Waals surface area contributed by atoms with Gasteiger partial charge in [0, 0.05) is 16.3 Å². The van der Waals surface area contributed by atoms with E-state index < -0.39 is 0 Å². The summed E-state index contributed by atoms with van der Waals surface area (Å²) in [5.74, 6) is -0.142. The summed E-state index contributed by atoms with van der Waals surface area (Å²) in [5.41, 5.74) is 3.37. The number of hydrogen-bond donors (Lipinski definition) is 1. The van der Waals surface area contributed by atoms with Crippen molar-refractivity contribution >= 4 is 11.8 Å². The molecule has 3 heteroatoms. The molecular formula is C18H22FNS. The second kappa shape index (κ2) is 7.62. The Labute approximate surface area is 131 Å². The van der Waals surface area contributed by atoms with Crippen molar-refractivity contribution in [2.45, 2.75) is 43.5 Å². The number of rotatable bonds is 6. The fraction of sp³-hybridized carbons (Fsp3) is 0.333. The summed E-state index contributed by atoms with van der Waals surface area (Å²) >= 11 is 1.50. The molecule has 0 unspecified atom stereocenters. The van der Waals surface area contributed by atoms with E-state index in [9.17, 15) is 4.39 Å². The van der Waals surface area contributed by atoms with Gasteiger partial charge < -0.3 is 5.32 Å². The van der Waals surface area contributed by atoms with Gasteiger partial charge in [-0.3, -0.25) is 0 Å². The highest BCUT2D eigenvalue weighted by molar-refractivity contribution is 7.99. The number of nitrogens with one attached hydrogen (secondary N) is 1. The predicted molar refractivity (Wildman–Crippen MR) is 88.4 cm³/mol. The van der Waals surface area contributed by atoms with Crippen LogP contribution in [0.2, 0.25) is 0 Å². The Hall–Kier alpha value is -1.32. The molecule has 1 nitrogen and oxygen atoms in total. The lowest BCUT2D eigenvalue weighted by Crippen LogP contribution is -2.13. The maximum absolute atomic E-state index is 14.2. The SMILES string of the molecule is CCCNCc1ccc(Sc2cc(C)ccc2C)c(F)c1. The van der Waals surface area contributed by atoms with Crippen LogP contribution in [0.25, 0.3) is 0 Å². The topological polar surface area (TPSA) is 12.0 Å². The molecule has 0 radical (unpaired) electrons. The van der Waals surface area contributed by atoms with E-state index in [1.165, 1.54) is 22.9 Å². The lowest BCUT2D eigenvalue weighted by Gasteiger charge is -2.09. The molecule has 0 saturated heterocycles. The van der Waals surface area contributed by atoms with E-state index in [0.29, 0.717) is 4.90 Å². The number of hydrogen-bond acceptors (Lipinski definition) is 2. The molecule has 0 atom stereocenters. The maximum atomic E-state index is 14.2. The van der Waals surface area contributed by atoms with Crippen LogP contribution < -0.4 is 5.32 Å². The summed E-state index contributed by atoms with van der Waals surface area (Å²) < 4.78 is 14.2. The molecule has 0 aromatic heterocycles. The smallest absolute Gasteiger partial charge is 0.137 e. The van der Waals surface area contributed by atoms with Gasteiger partial charge in [0.25, 0.3) is 0 Å². The number of benzene rings is 2. The molecule has 2 aromatic rings. The zero-order chi connectivity index (χ0) is 15.2. The van der Waals surface area contributed by atoms with Gasteiger partial charge in [-0.15, -0.1) is 0 Å². The summed E-state index contributed by atoms with van der Waals surface area (Å²) in [7, 11) is 0. The van der Waals surface area contributed by atoms with Crippen LogP contribution in [0, 0.1) is 19.7 Å². The van der Waals surface area contributed by atoms with Gasteiger partial charge >= 0.3 is 0 Å². The summed E-state index contributed by atoms with van der Waals surface area (Å²) in [5, 5.41) is 3.29. The second-order valence-corrected chi connectivity index (χ2v) is 6.40. The van der Waals surface area contributed by atoms with Gasteiger partial charge in [-0.25, -0.2) is 4.39 Å². The first kappa shape index (κ1) is 16.1. The van der Waals surface area contributed by atoms with Gasteiger partial charge in [0.15, 0.2) is 0 Å². The zero-order valence-corrected chi connectivity index (χ0v) is 13.7. The molecule has 0 amide bonds. The molecule has 0 saturated carbocycles. The van der Waals surface area contributed by atoms with Gasteiger partial charge in [-0.05, 0) is 61.7 Å². The Kier molecular flexibility index (Phi) is 5.83. The molecule has 21 heavy (non-hydrogen) atoms. The van der Waals surface area contributed by atoms with Crippen LogP contribution in [-0.2, 0) is 6.54 Å². The van der Waals surface area contributed by atoms with Crippen molar-refractivity contribution in [2.75, 3.05) is 6.54 Å². The standard InChI is InChI=1S/C18H22FNS/c1-4-9-20-12-15-7-8-17(16(19)11-15)21-18-10-13(2)5-6-14(18)3/h5-8,10-11,20H,4,9,12H2,1-3H3. The molecule has 0 spiro atoms. The van der Waals surface area contributed by atoms with Crippen LogP contribution in [0.3, 0.4) is 0 Å². The van der Waals surface area contributed by atoms with Crippen molar-refractivity contribution in [3.05, 3.63) is 58.9 Å². The second-order valence-electron chi connectivity index (χ2n) is 5.31. The van der Waals surface area contributed by atoms with E-state index in [0.717, 1.165) is 30.0 Å². The van der Waals surface area contributed by atoms with Crippen LogP contribution in [0.1, 0.15) is 30.0 Å². The summed E-state index contributed by atoms with van der Waals surface area (Å²) in [6.07, 6.45) is 1.09. The van der Waals surface area contributed by atoms with Crippen molar-refractivity contribution in [1.82, 2.24) is 5.32 Å². The lowest BCUT2D eigenvalue weighted by molar-refractivity contribution is 0.595. The molecule has 0 aliphatic carbocycles. The van der Waals surface area contributed by atoms with Crippen molar-refractivity contribution in [3.63, 3.8) is 0 Å². The highest BCUT2D eigenvalue weighted by Crippen LogP contribution is 2.33. The molecule has 2 rings (SSSR count). The van der Waals surface area contributed by atoms with E-state index >= 15 is 0 Å². The van der Waals surface area contributed by atoms with Crippen molar-refractivity contribution in [2.24, 2.45) is 0 Å². The van der Waals surface area contributed by atoms with Crippen LogP contribution in [0.4, 0.5) is 4.39 Å². The lowest BCUT2D eigenvalue weighted by atomic mass is 10.2. The average molecular weight is 303 g/mol. The summed E-state index contributed by atoms with van der Waals surface area (Å²) in [4.78, 5) is 1.80. The van der Waals surface area contributed by atoms with Crippen molar-refractivity contribution < 1.29 is 4.39 Å². The molecule has 0 aliphatic rings. The van der Waals surface area contributed by atoms with Crippen LogP contribution >= 0.6 is 11.8 Å². The largest absolute Gasteiger partial charge is 0.313 e. The van der Waals surface area contributed by atoms with E-state index in [-0.39, 0.29) is 5.82 Å². The molecular weight excluding hydrogens is 281 g/mol. The molecule has 0 aliphatic heterocycles. The molecule has 112 valence electrons. The Morgan fingerprint density at radius 2 is 1.86 bits per heavy atom. The maximum Gasteiger partial charge on any atom is 0.137 e. The fourth-order valence-corrected chi connectivity index (χ4v) is 3.09. The van der Waals surface area contributed by atoms with E-state index in [1.54, 1.807) is 6.07 Å². The van der Waals surface area contributed by atoms with Gasteiger partial charge in [-0.1, -0.05) is 36.9 Å². The quantitative estimate of drug-likeness (QED) is 0.746. The monoisotopic (exact) mass is 303 g/mol. The average Bonchev–Trinajstić information content (AvgIpc) is 2.46. The van der Waals surface area contributed by atoms with Gasteiger partial charge in [0.2, 0.25) is 0 Å². The normalized spacial score (nSPS) is 10.9. The van der Waals surface area contributed by atoms with Crippen molar-refractivity contribution in [3.8, 4) is 0 Å². The minimum Gasteiger partial charge on any atom is -0.313 e. The third-order valence-corrected chi connectivity index (χ3v) is 4.53. The summed E-state index contributed by atoms with van der Waals surface area (Å²) in [6.45, 7) is 7.92.